The van der Waals surface area contributed by atoms with E-state index in [2.05, 4.69) is 43.0 Å². The first-order valence-electron chi connectivity index (χ1n) is 22.0. The standard InChI is InChI=1S/C44H88N2/c1-4-7-10-13-16-19-21-22-23-24-25-26-29-32-35-38-41-46-43-42-45(40-37-34-31-28-20-17-14-11-8-5-2)44(46)39-36-33-30-27-18-15-12-9-6-3/h42-44H,4-41H2,1-3H3. The lowest BCUT2D eigenvalue weighted by atomic mass is 10.0. The molecule has 0 N–H and O–H groups in total. The molecule has 1 aliphatic heterocycles. The lowest BCUT2D eigenvalue weighted by Crippen LogP contribution is -2.39. The highest BCUT2D eigenvalue weighted by molar-refractivity contribution is 4.97. The van der Waals surface area contributed by atoms with Crippen molar-refractivity contribution in [3.8, 4) is 0 Å². The van der Waals surface area contributed by atoms with Crippen LogP contribution < -0.4 is 0 Å². The first-order valence-corrected chi connectivity index (χ1v) is 22.0. The maximum Gasteiger partial charge on any atom is 0.101 e. The largest absolute Gasteiger partial charge is 0.356 e. The quantitative estimate of drug-likeness (QED) is 0.0617. The van der Waals surface area contributed by atoms with Crippen molar-refractivity contribution in [2.75, 3.05) is 13.1 Å². The van der Waals surface area contributed by atoms with Gasteiger partial charge < -0.3 is 9.80 Å². The van der Waals surface area contributed by atoms with E-state index in [9.17, 15) is 0 Å². The van der Waals surface area contributed by atoms with Gasteiger partial charge in [-0.15, -0.1) is 0 Å². The molecule has 2 heteroatoms. The molecule has 0 spiro atoms. The second-order valence-corrected chi connectivity index (χ2v) is 15.4. The van der Waals surface area contributed by atoms with E-state index in [1.165, 1.54) is 244 Å². The molecular formula is C44H88N2. The molecule has 1 unspecified atom stereocenters. The minimum Gasteiger partial charge on any atom is -0.356 e. The van der Waals surface area contributed by atoms with E-state index < -0.39 is 0 Å². The van der Waals surface area contributed by atoms with Crippen molar-refractivity contribution in [1.82, 2.24) is 9.80 Å². The maximum absolute atomic E-state index is 2.73. The molecular weight excluding hydrogens is 556 g/mol. The third-order valence-electron chi connectivity index (χ3n) is 10.8. The number of unbranched alkanes of at least 4 members (excludes halogenated alkanes) is 32. The summed E-state index contributed by atoms with van der Waals surface area (Å²) in [5, 5.41) is 0. The van der Waals surface area contributed by atoms with Gasteiger partial charge in [-0.3, -0.25) is 0 Å². The van der Waals surface area contributed by atoms with Gasteiger partial charge in [0.05, 0.1) is 0 Å². The molecule has 1 atom stereocenters. The Morgan fingerprint density at radius 2 is 0.500 bits per heavy atom. The van der Waals surface area contributed by atoms with E-state index >= 15 is 0 Å². The lowest BCUT2D eigenvalue weighted by molar-refractivity contribution is 0.135. The Labute approximate surface area is 292 Å². The molecule has 274 valence electrons. The molecule has 0 fully saturated rings. The molecule has 0 bridgehead atoms. The molecule has 0 saturated carbocycles. The summed E-state index contributed by atoms with van der Waals surface area (Å²) in [4.78, 5) is 5.45. The van der Waals surface area contributed by atoms with Crippen molar-refractivity contribution in [3.63, 3.8) is 0 Å². The summed E-state index contributed by atoms with van der Waals surface area (Å²) < 4.78 is 0. The fourth-order valence-corrected chi connectivity index (χ4v) is 7.60. The molecule has 46 heavy (non-hydrogen) atoms. The predicted octanol–water partition coefficient (Wildman–Crippen LogP) is 15.5. The van der Waals surface area contributed by atoms with Gasteiger partial charge in [-0.1, -0.05) is 226 Å². The second kappa shape index (κ2) is 35.6. The van der Waals surface area contributed by atoms with Gasteiger partial charge in [0.25, 0.3) is 0 Å². The molecule has 0 saturated heterocycles. The smallest absolute Gasteiger partial charge is 0.101 e. The summed E-state index contributed by atoms with van der Waals surface area (Å²) in [5.74, 6) is 0. The second-order valence-electron chi connectivity index (χ2n) is 15.4. The molecule has 1 heterocycles. The van der Waals surface area contributed by atoms with Crippen LogP contribution in [0.4, 0.5) is 0 Å². The highest BCUT2D eigenvalue weighted by Crippen LogP contribution is 2.24. The zero-order valence-corrected chi connectivity index (χ0v) is 32.5. The van der Waals surface area contributed by atoms with Crippen molar-refractivity contribution < 1.29 is 0 Å². The molecule has 1 aliphatic rings. The van der Waals surface area contributed by atoms with Gasteiger partial charge in [0.2, 0.25) is 0 Å². The average molecular weight is 645 g/mol. The van der Waals surface area contributed by atoms with Crippen molar-refractivity contribution in [2.24, 2.45) is 0 Å². The fourth-order valence-electron chi connectivity index (χ4n) is 7.60. The summed E-state index contributed by atoms with van der Waals surface area (Å²) in [6.07, 6.45) is 57.4. The van der Waals surface area contributed by atoms with E-state index in [-0.39, 0.29) is 0 Å². The van der Waals surface area contributed by atoms with Gasteiger partial charge in [0, 0.05) is 25.5 Å². The van der Waals surface area contributed by atoms with Crippen LogP contribution in [-0.2, 0) is 0 Å². The molecule has 0 amide bonds. The van der Waals surface area contributed by atoms with Crippen molar-refractivity contribution in [3.05, 3.63) is 12.4 Å². The van der Waals surface area contributed by atoms with Crippen LogP contribution in [0.2, 0.25) is 0 Å². The number of rotatable bonds is 38. The molecule has 0 aromatic carbocycles. The first-order chi connectivity index (χ1) is 22.8. The first kappa shape index (κ1) is 43.4. The van der Waals surface area contributed by atoms with Gasteiger partial charge in [-0.05, 0) is 25.7 Å². The molecule has 1 rings (SSSR count). The molecule has 0 aromatic heterocycles. The number of nitrogens with zero attached hydrogens (tertiary/aromatic N) is 2. The van der Waals surface area contributed by atoms with Crippen LogP contribution in [0.3, 0.4) is 0 Å². The van der Waals surface area contributed by atoms with Gasteiger partial charge >= 0.3 is 0 Å². The highest BCUT2D eigenvalue weighted by atomic mass is 15.4. The molecule has 0 aromatic rings. The van der Waals surface area contributed by atoms with E-state index in [1.54, 1.807) is 0 Å². The average Bonchev–Trinajstić information content (AvgIpc) is 3.45. The molecule has 0 aliphatic carbocycles. The van der Waals surface area contributed by atoms with Gasteiger partial charge in [0.1, 0.15) is 6.17 Å². The Morgan fingerprint density at radius 1 is 0.283 bits per heavy atom. The number of hydrogen-bond acceptors (Lipinski definition) is 2. The van der Waals surface area contributed by atoms with E-state index in [0.29, 0.717) is 6.17 Å². The predicted molar refractivity (Wildman–Crippen MR) is 210 cm³/mol. The van der Waals surface area contributed by atoms with E-state index in [1.807, 2.05) is 0 Å². The maximum atomic E-state index is 2.73. The Hall–Kier alpha value is -0.660. The Morgan fingerprint density at radius 3 is 0.761 bits per heavy atom. The molecule has 0 radical (unpaired) electrons. The summed E-state index contributed by atoms with van der Waals surface area (Å²) >= 11 is 0. The van der Waals surface area contributed by atoms with Crippen LogP contribution in [0, 0.1) is 0 Å². The monoisotopic (exact) mass is 645 g/mol. The van der Waals surface area contributed by atoms with Crippen LogP contribution in [-0.4, -0.2) is 29.1 Å². The van der Waals surface area contributed by atoms with Gasteiger partial charge in [-0.25, -0.2) is 0 Å². The van der Waals surface area contributed by atoms with Crippen LogP contribution in [0.5, 0.6) is 0 Å². The zero-order valence-electron chi connectivity index (χ0n) is 32.5. The molecule has 2 nitrogen and oxygen atoms in total. The Balaban J connectivity index is 2.17. The van der Waals surface area contributed by atoms with Crippen molar-refractivity contribution >= 4 is 0 Å². The lowest BCUT2D eigenvalue weighted by Gasteiger charge is -2.33. The summed E-state index contributed by atoms with van der Waals surface area (Å²) in [5.41, 5.74) is 0. The third-order valence-corrected chi connectivity index (χ3v) is 10.8. The Bertz CT molecular complexity index is 601. The summed E-state index contributed by atoms with van der Waals surface area (Å²) in [6, 6.07) is 0. The van der Waals surface area contributed by atoms with Crippen molar-refractivity contribution in [2.45, 2.75) is 258 Å². The minimum absolute atomic E-state index is 0.638. The summed E-state index contributed by atoms with van der Waals surface area (Å²) in [6.45, 7) is 9.49. The third kappa shape index (κ3) is 27.3. The van der Waals surface area contributed by atoms with E-state index in [4.69, 9.17) is 0 Å². The van der Waals surface area contributed by atoms with Crippen LogP contribution in [0.25, 0.3) is 0 Å². The number of hydrogen-bond donors (Lipinski definition) is 0. The Kier molecular flexibility index (Phi) is 33.6. The zero-order chi connectivity index (χ0) is 33.0. The van der Waals surface area contributed by atoms with Crippen LogP contribution in [0.1, 0.15) is 252 Å². The topological polar surface area (TPSA) is 6.48 Å². The van der Waals surface area contributed by atoms with E-state index in [0.717, 1.165) is 0 Å². The van der Waals surface area contributed by atoms with Crippen molar-refractivity contribution in [1.29, 1.82) is 0 Å². The minimum atomic E-state index is 0.638. The highest BCUT2D eigenvalue weighted by Gasteiger charge is 2.24. The SMILES string of the molecule is CCCCCCCCCCCCCCCCCCN1C=CN(CCCCCCCCCCCC)C1CCCCCCCCCCC. The van der Waals surface area contributed by atoms with Gasteiger partial charge in [-0.2, -0.15) is 0 Å². The van der Waals surface area contributed by atoms with Crippen LogP contribution >= 0.6 is 0 Å². The van der Waals surface area contributed by atoms with Crippen LogP contribution in [0.15, 0.2) is 12.4 Å². The normalized spacial score (nSPS) is 14.7. The summed E-state index contributed by atoms with van der Waals surface area (Å²) in [7, 11) is 0. The fraction of sp³-hybridized carbons (Fsp3) is 0.955. The van der Waals surface area contributed by atoms with Gasteiger partial charge in [0.15, 0.2) is 0 Å².